The molecule has 1 saturated heterocycles. The SMILES string of the molecule is NCN1CCNCC1C(=O)C(F)(F)F. The number of nitrogens with two attached hydrogens (primary N) is 1. The van der Waals surface area contributed by atoms with E-state index in [1.165, 1.54) is 4.90 Å². The quantitative estimate of drug-likeness (QED) is 0.634. The Labute approximate surface area is 79.2 Å². The van der Waals surface area contributed by atoms with Crippen LogP contribution in [-0.4, -0.2) is 49.2 Å². The van der Waals surface area contributed by atoms with Crippen molar-refractivity contribution in [2.75, 3.05) is 26.3 Å². The van der Waals surface area contributed by atoms with Crippen LogP contribution in [0.3, 0.4) is 0 Å². The van der Waals surface area contributed by atoms with E-state index >= 15 is 0 Å². The second-order valence-corrected chi connectivity index (χ2v) is 3.08. The Balaban J connectivity index is 2.69. The highest BCUT2D eigenvalue weighted by molar-refractivity contribution is 5.89. The van der Waals surface area contributed by atoms with Gasteiger partial charge in [0, 0.05) is 26.3 Å². The van der Waals surface area contributed by atoms with Gasteiger partial charge in [0.2, 0.25) is 0 Å². The summed E-state index contributed by atoms with van der Waals surface area (Å²) in [6.07, 6.45) is -4.78. The van der Waals surface area contributed by atoms with Crippen LogP contribution in [0.25, 0.3) is 0 Å². The number of ketones is 1. The molecule has 0 saturated carbocycles. The highest BCUT2D eigenvalue weighted by Crippen LogP contribution is 2.20. The number of carbonyl (C=O) groups is 1. The Morgan fingerprint density at radius 2 is 2.21 bits per heavy atom. The van der Waals surface area contributed by atoms with Gasteiger partial charge in [-0.25, -0.2) is 0 Å². The average Bonchev–Trinajstić information content (AvgIpc) is 2.15. The largest absolute Gasteiger partial charge is 0.451 e. The van der Waals surface area contributed by atoms with E-state index < -0.39 is 18.0 Å². The van der Waals surface area contributed by atoms with Crippen molar-refractivity contribution >= 4 is 5.78 Å². The number of halogens is 3. The zero-order chi connectivity index (χ0) is 10.8. The second kappa shape index (κ2) is 4.24. The molecule has 0 bridgehead atoms. The van der Waals surface area contributed by atoms with Crippen LogP contribution in [0.1, 0.15) is 0 Å². The van der Waals surface area contributed by atoms with Gasteiger partial charge in [-0.1, -0.05) is 0 Å². The fourth-order valence-corrected chi connectivity index (χ4v) is 1.41. The standard InChI is InChI=1S/C7H12F3N3O/c8-7(9,10)6(14)5-3-12-1-2-13(5)4-11/h5,12H,1-4,11H2. The third kappa shape index (κ3) is 2.43. The van der Waals surface area contributed by atoms with Gasteiger partial charge in [0.25, 0.3) is 5.78 Å². The van der Waals surface area contributed by atoms with E-state index in [9.17, 15) is 18.0 Å². The lowest BCUT2D eigenvalue weighted by Gasteiger charge is -2.34. The number of hydrogen-bond acceptors (Lipinski definition) is 4. The van der Waals surface area contributed by atoms with E-state index in [1.54, 1.807) is 0 Å². The summed E-state index contributed by atoms with van der Waals surface area (Å²) in [6.45, 7) is 0.894. The molecule has 0 aromatic carbocycles. The summed E-state index contributed by atoms with van der Waals surface area (Å²) in [4.78, 5) is 12.3. The maximum absolute atomic E-state index is 12.1. The molecule has 1 unspecified atom stereocenters. The zero-order valence-corrected chi connectivity index (χ0v) is 7.47. The maximum Gasteiger partial charge on any atom is 0.451 e. The third-order valence-electron chi connectivity index (χ3n) is 2.17. The number of hydrogen-bond donors (Lipinski definition) is 2. The Morgan fingerprint density at radius 1 is 1.57 bits per heavy atom. The molecule has 0 amide bonds. The summed E-state index contributed by atoms with van der Waals surface area (Å²) in [7, 11) is 0. The number of piperazine rings is 1. The minimum absolute atomic E-state index is 0.00947. The predicted octanol–water partition coefficient (Wildman–Crippen LogP) is -0.692. The zero-order valence-electron chi connectivity index (χ0n) is 7.47. The smallest absolute Gasteiger partial charge is 0.318 e. The Kier molecular flexibility index (Phi) is 3.46. The van der Waals surface area contributed by atoms with Gasteiger partial charge in [-0.3, -0.25) is 9.69 Å². The van der Waals surface area contributed by atoms with Crippen LogP contribution in [0.4, 0.5) is 13.2 Å². The molecule has 4 nitrogen and oxygen atoms in total. The number of alkyl halides is 3. The third-order valence-corrected chi connectivity index (χ3v) is 2.17. The molecule has 1 aliphatic rings. The average molecular weight is 211 g/mol. The first kappa shape index (κ1) is 11.4. The minimum atomic E-state index is -4.78. The molecule has 82 valence electrons. The van der Waals surface area contributed by atoms with Crippen molar-refractivity contribution in [3.8, 4) is 0 Å². The fraction of sp³-hybridized carbons (Fsp3) is 0.857. The molecule has 0 aliphatic carbocycles. The van der Waals surface area contributed by atoms with Crippen LogP contribution in [0.15, 0.2) is 0 Å². The van der Waals surface area contributed by atoms with Gasteiger partial charge in [-0.2, -0.15) is 13.2 Å². The summed E-state index contributed by atoms with van der Waals surface area (Å²) < 4.78 is 36.3. The molecule has 3 N–H and O–H groups in total. The van der Waals surface area contributed by atoms with Crippen molar-refractivity contribution in [1.29, 1.82) is 0 Å². The van der Waals surface area contributed by atoms with Gasteiger partial charge in [0.15, 0.2) is 0 Å². The van der Waals surface area contributed by atoms with Crippen LogP contribution in [0.5, 0.6) is 0 Å². The summed E-state index contributed by atoms with van der Waals surface area (Å²) in [5, 5.41) is 2.73. The van der Waals surface area contributed by atoms with Gasteiger partial charge in [-0.15, -0.1) is 0 Å². The number of carbonyl (C=O) groups excluding carboxylic acids is 1. The van der Waals surface area contributed by atoms with Crippen LogP contribution < -0.4 is 11.1 Å². The predicted molar refractivity (Wildman–Crippen MR) is 43.5 cm³/mol. The molecular formula is C7H12F3N3O. The second-order valence-electron chi connectivity index (χ2n) is 3.08. The molecule has 0 radical (unpaired) electrons. The van der Waals surface area contributed by atoms with Crippen molar-refractivity contribution in [3.63, 3.8) is 0 Å². The highest BCUT2D eigenvalue weighted by atomic mass is 19.4. The Morgan fingerprint density at radius 3 is 2.71 bits per heavy atom. The molecule has 1 rings (SSSR count). The first-order valence-corrected chi connectivity index (χ1v) is 4.22. The van der Waals surface area contributed by atoms with Crippen LogP contribution in [-0.2, 0) is 4.79 Å². The first-order valence-electron chi connectivity index (χ1n) is 4.22. The number of rotatable bonds is 2. The van der Waals surface area contributed by atoms with Gasteiger partial charge >= 0.3 is 6.18 Å². The van der Waals surface area contributed by atoms with E-state index in [0.717, 1.165) is 0 Å². The summed E-state index contributed by atoms with van der Waals surface area (Å²) >= 11 is 0. The van der Waals surface area contributed by atoms with Crippen molar-refractivity contribution < 1.29 is 18.0 Å². The number of Topliss-reactive ketones (excluding diaryl/α,β-unsaturated/α-hetero) is 1. The molecule has 0 spiro atoms. The van der Waals surface area contributed by atoms with Crippen LogP contribution in [0.2, 0.25) is 0 Å². The van der Waals surface area contributed by atoms with Crippen molar-refractivity contribution in [2.45, 2.75) is 12.2 Å². The van der Waals surface area contributed by atoms with Crippen LogP contribution >= 0.6 is 0 Å². The van der Waals surface area contributed by atoms with E-state index in [-0.39, 0.29) is 13.2 Å². The van der Waals surface area contributed by atoms with Crippen LogP contribution in [0, 0.1) is 0 Å². The molecule has 0 aromatic heterocycles. The van der Waals surface area contributed by atoms with Gasteiger partial charge < -0.3 is 11.1 Å². The minimum Gasteiger partial charge on any atom is -0.318 e. The Bertz CT molecular complexity index is 219. The monoisotopic (exact) mass is 211 g/mol. The molecule has 14 heavy (non-hydrogen) atoms. The molecule has 0 aromatic rings. The van der Waals surface area contributed by atoms with Gasteiger partial charge in [0.05, 0.1) is 6.04 Å². The summed E-state index contributed by atoms with van der Waals surface area (Å²) in [6, 6.07) is -1.17. The van der Waals surface area contributed by atoms with E-state index in [1.807, 2.05) is 0 Å². The maximum atomic E-state index is 12.1. The normalized spacial score (nSPS) is 25.0. The fourth-order valence-electron chi connectivity index (χ4n) is 1.41. The lowest BCUT2D eigenvalue weighted by atomic mass is 10.1. The van der Waals surface area contributed by atoms with Gasteiger partial charge in [0.1, 0.15) is 0 Å². The highest BCUT2D eigenvalue weighted by Gasteiger charge is 2.45. The molecular weight excluding hydrogens is 199 g/mol. The molecule has 1 atom stereocenters. The van der Waals surface area contributed by atoms with Gasteiger partial charge in [-0.05, 0) is 0 Å². The topological polar surface area (TPSA) is 58.4 Å². The van der Waals surface area contributed by atoms with E-state index in [2.05, 4.69) is 5.32 Å². The molecule has 1 fully saturated rings. The molecule has 7 heteroatoms. The first-order chi connectivity index (χ1) is 6.46. The lowest BCUT2D eigenvalue weighted by Crippen LogP contribution is -2.59. The molecule has 1 aliphatic heterocycles. The number of nitrogens with one attached hydrogen (secondary N) is 1. The van der Waals surface area contributed by atoms with E-state index in [4.69, 9.17) is 5.73 Å². The molecule has 1 heterocycles. The van der Waals surface area contributed by atoms with Crippen molar-refractivity contribution in [1.82, 2.24) is 10.2 Å². The Hall–Kier alpha value is -0.660. The summed E-state index contributed by atoms with van der Waals surface area (Å²) in [5.74, 6) is -1.73. The van der Waals surface area contributed by atoms with Crippen molar-refractivity contribution in [2.24, 2.45) is 5.73 Å². The van der Waals surface area contributed by atoms with Crippen molar-refractivity contribution in [3.05, 3.63) is 0 Å². The number of nitrogens with zero attached hydrogens (tertiary/aromatic N) is 1. The van der Waals surface area contributed by atoms with E-state index in [0.29, 0.717) is 13.1 Å². The lowest BCUT2D eigenvalue weighted by molar-refractivity contribution is -0.177. The summed E-state index contributed by atoms with van der Waals surface area (Å²) in [5.41, 5.74) is 5.25.